The van der Waals surface area contributed by atoms with Crippen LogP contribution < -0.4 is 14.8 Å². The first-order valence-corrected chi connectivity index (χ1v) is 10.3. The number of anilines is 1. The number of carbonyl (C=O) groups is 1. The Morgan fingerprint density at radius 3 is 2.20 bits per heavy atom. The van der Waals surface area contributed by atoms with Crippen molar-refractivity contribution in [3.63, 3.8) is 0 Å². The second-order valence-electron chi connectivity index (χ2n) is 7.00. The van der Waals surface area contributed by atoms with Crippen LogP contribution in [0.5, 0.6) is 11.5 Å². The molecule has 0 heterocycles. The smallest absolute Gasteiger partial charge is 0.165 e. The highest BCUT2D eigenvalue weighted by Gasteiger charge is 2.19. The first-order chi connectivity index (χ1) is 14.5. The molecule has 0 spiro atoms. The van der Waals surface area contributed by atoms with Crippen molar-refractivity contribution in [3.05, 3.63) is 88.4 Å². The second-order valence-corrected chi connectivity index (χ2v) is 7.43. The molecule has 156 valence electrons. The van der Waals surface area contributed by atoms with Crippen LogP contribution in [0.15, 0.2) is 66.7 Å². The fourth-order valence-electron chi connectivity index (χ4n) is 3.30. The molecule has 0 saturated heterocycles. The number of aryl methyl sites for hydroxylation is 1. The Labute approximate surface area is 182 Å². The number of carbonyl (C=O) groups excluding carboxylic acids is 1. The zero-order valence-electron chi connectivity index (χ0n) is 17.4. The molecular weight excluding hydrogens is 398 g/mol. The van der Waals surface area contributed by atoms with Gasteiger partial charge in [-0.25, -0.2) is 0 Å². The molecule has 5 heteroatoms. The highest BCUT2D eigenvalue weighted by Crippen LogP contribution is 2.30. The van der Waals surface area contributed by atoms with E-state index >= 15 is 0 Å². The predicted molar refractivity (Wildman–Crippen MR) is 122 cm³/mol. The summed E-state index contributed by atoms with van der Waals surface area (Å²) in [5, 5.41) is 4.16. The van der Waals surface area contributed by atoms with Gasteiger partial charge in [0.2, 0.25) is 0 Å². The van der Waals surface area contributed by atoms with Crippen LogP contribution in [0.4, 0.5) is 5.69 Å². The highest BCUT2D eigenvalue weighted by molar-refractivity contribution is 6.30. The van der Waals surface area contributed by atoms with Gasteiger partial charge in [0.1, 0.15) is 0 Å². The summed E-state index contributed by atoms with van der Waals surface area (Å²) in [5.41, 5.74) is 3.81. The normalized spacial score (nSPS) is 11.6. The van der Waals surface area contributed by atoms with Crippen LogP contribution in [-0.4, -0.2) is 20.0 Å². The molecule has 0 radical (unpaired) electrons. The third-order valence-corrected chi connectivity index (χ3v) is 5.32. The van der Waals surface area contributed by atoms with Gasteiger partial charge in [0.05, 0.1) is 20.3 Å². The minimum Gasteiger partial charge on any atom is -0.493 e. The third-order valence-electron chi connectivity index (χ3n) is 5.07. The Hall–Kier alpha value is -2.98. The minimum absolute atomic E-state index is 0.00795. The number of ketones is 1. The van der Waals surface area contributed by atoms with E-state index in [1.165, 1.54) is 5.56 Å². The maximum absolute atomic E-state index is 13.1. The molecule has 0 bridgehead atoms. The van der Waals surface area contributed by atoms with Gasteiger partial charge in [0.25, 0.3) is 0 Å². The molecule has 0 aromatic heterocycles. The van der Waals surface area contributed by atoms with Gasteiger partial charge in [0, 0.05) is 22.7 Å². The largest absolute Gasteiger partial charge is 0.493 e. The van der Waals surface area contributed by atoms with Gasteiger partial charge in [-0.2, -0.15) is 0 Å². The Morgan fingerprint density at radius 2 is 1.60 bits per heavy atom. The van der Waals surface area contributed by atoms with E-state index in [4.69, 9.17) is 21.1 Å². The summed E-state index contributed by atoms with van der Waals surface area (Å²) in [4.78, 5) is 13.1. The number of halogens is 1. The second kappa shape index (κ2) is 10.2. The lowest BCUT2D eigenvalue weighted by molar-refractivity contribution is 0.0976. The van der Waals surface area contributed by atoms with Crippen molar-refractivity contribution in [1.29, 1.82) is 0 Å². The predicted octanol–water partition coefficient (Wildman–Crippen LogP) is 6.35. The van der Waals surface area contributed by atoms with Crippen molar-refractivity contribution < 1.29 is 14.3 Å². The molecule has 0 aliphatic heterocycles. The summed E-state index contributed by atoms with van der Waals surface area (Å²) < 4.78 is 10.6. The van der Waals surface area contributed by atoms with Crippen molar-refractivity contribution in [1.82, 2.24) is 0 Å². The number of hydrogen-bond acceptors (Lipinski definition) is 4. The van der Waals surface area contributed by atoms with Crippen molar-refractivity contribution in [2.24, 2.45) is 0 Å². The molecule has 0 aliphatic carbocycles. The average Bonchev–Trinajstić information content (AvgIpc) is 2.79. The third kappa shape index (κ3) is 5.33. The van der Waals surface area contributed by atoms with Gasteiger partial charge >= 0.3 is 0 Å². The van der Waals surface area contributed by atoms with Crippen LogP contribution in [0, 0.1) is 0 Å². The minimum atomic E-state index is -0.199. The molecule has 4 nitrogen and oxygen atoms in total. The number of methoxy groups -OCH3 is 2. The maximum atomic E-state index is 13.1. The lowest BCUT2D eigenvalue weighted by Crippen LogP contribution is -2.16. The van der Waals surface area contributed by atoms with Crippen molar-refractivity contribution >= 4 is 23.1 Å². The Bertz CT molecular complexity index is 984. The Kier molecular flexibility index (Phi) is 7.36. The van der Waals surface area contributed by atoms with Gasteiger partial charge in [-0.15, -0.1) is 0 Å². The lowest BCUT2D eigenvalue weighted by Gasteiger charge is -2.21. The van der Waals surface area contributed by atoms with Crippen molar-refractivity contribution in [2.75, 3.05) is 19.5 Å². The van der Waals surface area contributed by atoms with Gasteiger partial charge in [0.15, 0.2) is 17.3 Å². The van der Waals surface area contributed by atoms with Crippen LogP contribution in [0.1, 0.15) is 40.9 Å². The standard InChI is InChI=1S/C25H26ClNO3/c1-4-17-5-12-21(13-6-17)27-22(18-7-10-20(26)11-8-18)16-23(28)19-9-14-24(29-2)25(15-19)30-3/h5-15,22,27H,4,16H2,1-3H3. The number of nitrogens with one attached hydrogen (secondary N) is 1. The van der Waals surface area contributed by atoms with Crippen LogP contribution in [0.2, 0.25) is 5.02 Å². The number of benzene rings is 3. The van der Waals surface area contributed by atoms with E-state index in [9.17, 15) is 4.79 Å². The van der Waals surface area contributed by atoms with Gasteiger partial charge in [-0.1, -0.05) is 42.8 Å². The monoisotopic (exact) mass is 423 g/mol. The zero-order valence-corrected chi connectivity index (χ0v) is 18.2. The molecule has 0 saturated carbocycles. The number of hydrogen-bond donors (Lipinski definition) is 1. The summed E-state index contributed by atoms with van der Waals surface area (Å²) in [6, 6.07) is 20.9. The molecule has 3 rings (SSSR count). The lowest BCUT2D eigenvalue weighted by atomic mass is 9.97. The van der Waals surface area contributed by atoms with E-state index in [-0.39, 0.29) is 18.2 Å². The molecule has 1 atom stereocenters. The SMILES string of the molecule is CCc1ccc(NC(CC(=O)c2ccc(OC)c(OC)c2)c2ccc(Cl)cc2)cc1. The Balaban J connectivity index is 1.85. The summed E-state index contributed by atoms with van der Waals surface area (Å²) in [7, 11) is 3.13. The molecule has 1 N–H and O–H groups in total. The average molecular weight is 424 g/mol. The Morgan fingerprint density at radius 1 is 0.933 bits per heavy atom. The number of rotatable bonds is 9. The molecule has 0 amide bonds. The molecule has 0 fully saturated rings. The zero-order chi connectivity index (χ0) is 21.5. The summed E-state index contributed by atoms with van der Waals surface area (Å²) in [6.45, 7) is 2.13. The van der Waals surface area contributed by atoms with Gasteiger partial charge in [-0.3, -0.25) is 4.79 Å². The fourth-order valence-corrected chi connectivity index (χ4v) is 3.42. The van der Waals surface area contributed by atoms with Crippen molar-refractivity contribution in [2.45, 2.75) is 25.8 Å². The van der Waals surface area contributed by atoms with E-state index in [1.807, 2.05) is 36.4 Å². The molecule has 3 aromatic carbocycles. The van der Waals surface area contributed by atoms with Crippen LogP contribution >= 0.6 is 11.6 Å². The summed E-state index contributed by atoms with van der Waals surface area (Å²) in [6.07, 6.45) is 1.27. The molecule has 3 aromatic rings. The quantitative estimate of drug-likeness (QED) is 0.407. The maximum Gasteiger partial charge on any atom is 0.165 e. The molecular formula is C25H26ClNO3. The van der Waals surface area contributed by atoms with E-state index < -0.39 is 0 Å². The first-order valence-electron chi connectivity index (χ1n) is 9.90. The first kappa shape index (κ1) is 21.7. The highest BCUT2D eigenvalue weighted by atomic mass is 35.5. The molecule has 1 unspecified atom stereocenters. The fraction of sp³-hybridized carbons (Fsp3) is 0.240. The van der Waals surface area contributed by atoms with Crippen molar-refractivity contribution in [3.8, 4) is 11.5 Å². The van der Waals surface area contributed by atoms with E-state index in [1.54, 1.807) is 32.4 Å². The van der Waals surface area contributed by atoms with Crippen LogP contribution in [0.25, 0.3) is 0 Å². The topological polar surface area (TPSA) is 47.6 Å². The number of ether oxygens (including phenoxy) is 2. The van der Waals surface area contributed by atoms with E-state index in [0.29, 0.717) is 22.1 Å². The molecule has 30 heavy (non-hydrogen) atoms. The molecule has 0 aliphatic rings. The summed E-state index contributed by atoms with van der Waals surface area (Å²) in [5.74, 6) is 1.14. The van der Waals surface area contributed by atoms with Gasteiger partial charge in [-0.05, 0) is 60.0 Å². The van der Waals surface area contributed by atoms with Crippen LogP contribution in [-0.2, 0) is 6.42 Å². The van der Waals surface area contributed by atoms with E-state index in [2.05, 4.69) is 24.4 Å². The summed E-state index contributed by atoms with van der Waals surface area (Å²) >= 11 is 6.06. The van der Waals surface area contributed by atoms with Gasteiger partial charge < -0.3 is 14.8 Å². The van der Waals surface area contributed by atoms with E-state index in [0.717, 1.165) is 17.7 Å². The van der Waals surface area contributed by atoms with Crippen LogP contribution in [0.3, 0.4) is 0 Å². The number of Topliss-reactive ketones (excluding diaryl/α,β-unsaturated/α-hetero) is 1.